The number of para-hydroxylation sites is 1. The lowest BCUT2D eigenvalue weighted by molar-refractivity contribution is 0.222. The number of benzene rings is 1. The Labute approximate surface area is 148 Å². The molecular weight excluding hydrogens is 306 g/mol. The molecule has 0 spiro atoms. The molecule has 2 nitrogen and oxygen atoms in total. The van der Waals surface area contributed by atoms with Crippen LogP contribution in [0.3, 0.4) is 0 Å². The summed E-state index contributed by atoms with van der Waals surface area (Å²) < 4.78 is 6.02. The monoisotopic (exact) mass is 337 g/mol. The van der Waals surface area contributed by atoms with Crippen molar-refractivity contribution in [3.8, 4) is 5.75 Å². The average Bonchev–Trinajstić information content (AvgIpc) is 2.59. The summed E-state index contributed by atoms with van der Waals surface area (Å²) in [6.07, 6.45) is 11.5. The lowest BCUT2D eigenvalue weighted by Gasteiger charge is -2.19. The van der Waals surface area contributed by atoms with E-state index in [1.165, 1.54) is 37.7 Å². The van der Waals surface area contributed by atoms with Crippen molar-refractivity contribution in [2.24, 2.45) is 5.92 Å². The van der Waals surface area contributed by atoms with Gasteiger partial charge in [0.05, 0.1) is 0 Å². The summed E-state index contributed by atoms with van der Waals surface area (Å²) >= 11 is 0. The summed E-state index contributed by atoms with van der Waals surface area (Å²) in [7, 11) is 0. The van der Waals surface area contributed by atoms with Crippen LogP contribution in [0.15, 0.2) is 30.3 Å². The second kappa shape index (κ2) is 11.5. The Morgan fingerprint density at radius 3 is 2.48 bits per heavy atom. The Balaban J connectivity index is 0.00000264. The van der Waals surface area contributed by atoms with E-state index in [0.29, 0.717) is 0 Å². The lowest BCUT2D eigenvalue weighted by atomic mass is 9.89. The van der Waals surface area contributed by atoms with Gasteiger partial charge in [0.2, 0.25) is 0 Å². The van der Waals surface area contributed by atoms with Gasteiger partial charge in [0, 0.05) is 12.1 Å². The first-order chi connectivity index (χ1) is 10.8. The first kappa shape index (κ1) is 20.1. The third-order valence-electron chi connectivity index (χ3n) is 4.68. The van der Waals surface area contributed by atoms with Crippen molar-refractivity contribution in [1.82, 2.24) is 4.90 Å². The third-order valence-corrected chi connectivity index (χ3v) is 4.68. The van der Waals surface area contributed by atoms with Gasteiger partial charge in [0.1, 0.15) is 12.4 Å². The van der Waals surface area contributed by atoms with E-state index in [4.69, 9.17) is 4.74 Å². The molecule has 1 aromatic rings. The van der Waals surface area contributed by atoms with E-state index in [9.17, 15) is 0 Å². The highest BCUT2D eigenvalue weighted by molar-refractivity contribution is 5.85. The molecule has 0 heterocycles. The Kier molecular flexibility index (Phi) is 10.1. The van der Waals surface area contributed by atoms with Crippen molar-refractivity contribution in [3.63, 3.8) is 0 Å². The number of ether oxygens (including phenoxy) is 1. The number of allylic oxidation sites excluding steroid dienone is 1. The van der Waals surface area contributed by atoms with E-state index in [0.717, 1.165) is 37.9 Å². The molecule has 0 atom stereocenters. The molecule has 1 aliphatic rings. The summed E-state index contributed by atoms with van der Waals surface area (Å²) in [5, 5.41) is 0. The zero-order valence-corrected chi connectivity index (χ0v) is 15.5. The predicted molar refractivity (Wildman–Crippen MR) is 103 cm³/mol. The van der Waals surface area contributed by atoms with Crippen LogP contribution in [0.5, 0.6) is 5.75 Å². The van der Waals surface area contributed by atoms with Crippen LogP contribution in [0.1, 0.15) is 51.5 Å². The molecule has 1 aliphatic carbocycles. The molecule has 0 aliphatic heterocycles. The highest BCUT2D eigenvalue weighted by Gasteiger charge is 2.10. The maximum Gasteiger partial charge on any atom is 0.126 e. The molecule has 130 valence electrons. The summed E-state index contributed by atoms with van der Waals surface area (Å²) in [5.74, 6) is 1.78. The molecule has 0 unspecified atom stereocenters. The first-order valence-electron chi connectivity index (χ1n) is 8.95. The second-order valence-electron chi connectivity index (χ2n) is 6.17. The number of hydrogen-bond acceptors (Lipinski definition) is 2. The maximum atomic E-state index is 6.02. The maximum absolute atomic E-state index is 6.02. The smallest absolute Gasteiger partial charge is 0.126 e. The fourth-order valence-electron chi connectivity index (χ4n) is 3.14. The number of likely N-dealkylation sites (N-methyl/N-ethyl adjacent to an activating group) is 1. The number of halogens is 1. The molecule has 0 N–H and O–H groups in total. The van der Waals surface area contributed by atoms with Crippen molar-refractivity contribution in [3.05, 3.63) is 35.9 Å². The Morgan fingerprint density at radius 2 is 1.78 bits per heavy atom. The highest BCUT2D eigenvalue weighted by Crippen LogP contribution is 2.27. The van der Waals surface area contributed by atoms with E-state index < -0.39 is 0 Å². The fourth-order valence-corrected chi connectivity index (χ4v) is 3.14. The molecule has 0 aromatic heterocycles. The zero-order chi connectivity index (χ0) is 15.6. The van der Waals surface area contributed by atoms with E-state index in [1.807, 2.05) is 0 Å². The van der Waals surface area contributed by atoms with Gasteiger partial charge in [-0.05, 0) is 37.9 Å². The molecule has 3 heteroatoms. The van der Waals surface area contributed by atoms with Crippen LogP contribution in [-0.4, -0.2) is 31.1 Å². The van der Waals surface area contributed by atoms with Gasteiger partial charge in [0.25, 0.3) is 0 Å². The minimum atomic E-state index is 0. The number of rotatable bonds is 8. The lowest BCUT2D eigenvalue weighted by Crippen LogP contribution is -2.27. The predicted octanol–water partition coefficient (Wildman–Crippen LogP) is 5.42. The van der Waals surface area contributed by atoms with Gasteiger partial charge in [-0.25, -0.2) is 0 Å². The van der Waals surface area contributed by atoms with Crippen LogP contribution in [0, 0.1) is 5.92 Å². The minimum Gasteiger partial charge on any atom is -0.492 e. The van der Waals surface area contributed by atoms with E-state index in [2.05, 4.69) is 55.2 Å². The van der Waals surface area contributed by atoms with Gasteiger partial charge in [-0.15, -0.1) is 12.4 Å². The summed E-state index contributed by atoms with van der Waals surface area (Å²) in [4.78, 5) is 2.39. The molecule has 1 fully saturated rings. The zero-order valence-electron chi connectivity index (χ0n) is 14.7. The van der Waals surface area contributed by atoms with E-state index in [1.54, 1.807) is 0 Å². The molecular formula is C20H32ClNO. The Hall–Kier alpha value is -0.990. The van der Waals surface area contributed by atoms with Crippen LogP contribution in [0.2, 0.25) is 0 Å². The van der Waals surface area contributed by atoms with Gasteiger partial charge < -0.3 is 9.64 Å². The minimum absolute atomic E-state index is 0. The fraction of sp³-hybridized carbons (Fsp3) is 0.600. The van der Waals surface area contributed by atoms with Crippen molar-refractivity contribution in [1.29, 1.82) is 0 Å². The summed E-state index contributed by atoms with van der Waals surface area (Å²) in [5.41, 5.74) is 1.22. The van der Waals surface area contributed by atoms with Crippen LogP contribution in [0.25, 0.3) is 6.08 Å². The standard InChI is InChI=1S/C20H31NO.ClH/c1-3-21(4-2)16-17-22-20-13-9-8-12-19(20)15-14-18-10-6-5-7-11-18;/h8-9,12-15,18H,3-7,10-11,16-17H2,1-2H3;1H/b15-14+;. The SMILES string of the molecule is CCN(CC)CCOc1ccccc1/C=C/C1CCCCC1.Cl. The van der Waals surface area contributed by atoms with Crippen molar-refractivity contribution in [2.45, 2.75) is 46.0 Å². The van der Waals surface area contributed by atoms with Crippen molar-refractivity contribution >= 4 is 18.5 Å². The molecule has 0 saturated heterocycles. The van der Waals surface area contributed by atoms with Gasteiger partial charge in [-0.1, -0.05) is 63.5 Å². The van der Waals surface area contributed by atoms with Crippen molar-refractivity contribution in [2.75, 3.05) is 26.2 Å². The third kappa shape index (κ3) is 6.97. The average molecular weight is 338 g/mol. The quantitative estimate of drug-likeness (QED) is 0.627. The molecule has 1 aromatic carbocycles. The van der Waals surface area contributed by atoms with E-state index >= 15 is 0 Å². The number of nitrogens with zero attached hydrogens (tertiary/aromatic N) is 1. The highest BCUT2D eigenvalue weighted by atomic mass is 35.5. The van der Waals surface area contributed by atoms with Gasteiger partial charge in [-0.2, -0.15) is 0 Å². The molecule has 1 saturated carbocycles. The molecule has 23 heavy (non-hydrogen) atoms. The summed E-state index contributed by atoms with van der Waals surface area (Å²) in [6, 6.07) is 8.40. The molecule has 0 amide bonds. The molecule has 0 bridgehead atoms. The van der Waals surface area contributed by atoms with Crippen LogP contribution >= 0.6 is 12.4 Å². The second-order valence-corrected chi connectivity index (χ2v) is 6.17. The number of hydrogen-bond donors (Lipinski definition) is 0. The van der Waals surface area contributed by atoms with E-state index in [-0.39, 0.29) is 12.4 Å². The largest absolute Gasteiger partial charge is 0.492 e. The van der Waals surface area contributed by atoms with Gasteiger partial charge >= 0.3 is 0 Å². The van der Waals surface area contributed by atoms with Crippen LogP contribution < -0.4 is 4.74 Å². The molecule has 0 radical (unpaired) electrons. The van der Waals surface area contributed by atoms with Crippen LogP contribution in [0.4, 0.5) is 0 Å². The van der Waals surface area contributed by atoms with Gasteiger partial charge in [-0.3, -0.25) is 0 Å². The topological polar surface area (TPSA) is 12.5 Å². The van der Waals surface area contributed by atoms with Crippen LogP contribution in [-0.2, 0) is 0 Å². The summed E-state index contributed by atoms with van der Waals surface area (Å²) in [6.45, 7) is 8.32. The normalized spacial score (nSPS) is 15.8. The Morgan fingerprint density at radius 1 is 1.09 bits per heavy atom. The first-order valence-corrected chi connectivity index (χ1v) is 8.95. The Bertz CT molecular complexity index is 451. The molecule has 2 rings (SSSR count). The van der Waals surface area contributed by atoms with Crippen molar-refractivity contribution < 1.29 is 4.74 Å². The van der Waals surface area contributed by atoms with Gasteiger partial charge in [0.15, 0.2) is 0 Å².